The quantitative estimate of drug-likeness (QED) is 0.528. The predicted molar refractivity (Wildman–Crippen MR) is 105 cm³/mol. The molecule has 0 radical (unpaired) electrons. The molecule has 130 valence electrons. The summed E-state index contributed by atoms with van der Waals surface area (Å²) in [6.45, 7) is 2.50. The van der Waals surface area contributed by atoms with Crippen LogP contribution in [0.2, 0.25) is 0 Å². The molecule has 0 saturated heterocycles. The van der Waals surface area contributed by atoms with Gasteiger partial charge in [-0.1, -0.05) is 54.6 Å². The van der Waals surface area contributed by atoms with E-state index in [9.17, 15) is 4.79 Å². The van der Waals surface area contributed by atoms with Gasteiger partial charge in [0, 0.05) is 11.1 Å². The van der Waals surface area contributed by atoms with Gasteiger partial charge in [-0.2, -0.15) is 5.10 Å². The maximum absolute atomic E-state index is 12.2. The number of ether oxygens (including phenoxy) is 1. The maximum Gasteiger partial charge on any atom is 0.271 e. The Balaban J connectivity index is 1.65. The van der Waals surface area contributed by atoms with Gasteiger partial charge in [0.2, 0.25) is 0 Å². The fourth-order valence-electron chi connectivity index (χ4n) is 2.54. The van der Waals surface area contributed by atoms with Crippen molar-refractivity contribution >= 4 is 12.1 Å². The van der Waals surface area contributed by atoms with Crippen LogP contribution >= 0.6 is 0 Å². The fraction of sp³-hybridized carbons (Fsp3) is 0.0909. The van der Waals surface area contributed by atoms with Crippen LogP contribution < -0.4 is 10.2 Å². The number of hydrazone groups is 1. The van der Waals surface area contributed by atoms with Gasteiger partial charge in [-0.15, -0.1) is 0 Å². The maximum atomic E-state index is 12.2. The molecule has 26 heavy (non-hydrogen) atoms. The lowest BCUT2D eigenvalue weighted by molar-refractivity contribution is 0.0955. The summed E-state index contributed by atoms with van der Waals surface area (Å²) in [7, 11) is 0. The second kappa shape index (κ2) is 8.62. The zero-order valence-electron chi connectivity index (χ0n) is 14.6. The smallest absolute Gasteiger partial charge is 0.271 e. The van der Waals surface area contributed by atoms with E-state index < -0.39 is 0 Å². The standard InChI is InChI=1S/C22H20N2O2/c1-2-26-21-11-7-6-10-20(21)16-23-24-22(25)19-14-12-18(13-15-19)17-8-4-3-5-9-17/h3-16H,2H2,1H3,(H,24,25)/b23-16+. The minimum absolute atomic E-state index is 0.255. The van der Waals surface area contributed by atoms with Crippen LogP contribution in [-0.2, 0) is 0 Å². The lowest BCUT2D eigenvalue weighted by Crippen LogP contribution is -2.17. The molecule has 4 heteroatoms. The van der Waals surface area contributed by atoms with Gasteiger partial charge in [0.25, 0.3) is 5.91 Å². The van der Waals surface area contributed by atoms with Crippen molar-refractivity contribution < 1.29 is 9.53 Å². The van der Waals surface area contributed by atoms with E-state index in [2.05, 4.69) is 10.5 Å². The Morgan fingerprint density at radius 3 is 2.31 bits per heavy atom. The summed E-state index contributed by atoms with van der Waals surface area (Å²) in [5.41, 5.74) is 6.10. The Hall–Kier alpha value is -3.40. The number of carbonyl (C=O) groups is 1. The first-order chi connectivity index (χ1) is 12.8. The summed E-state index contributed by atoms with van der Waals surface area (Å²) < 4.78 is 5.53. The molecule has 0 heterocycles. The highest BCUT2D eigenvalue weighted by Crippen LogP contribution is 2.19. The van der Waals surface area contributed by atoms with Gasteiger partial charge < -0.3 is 4.74 Å². The Morgan fingerprint density at radius 1 is 0.923 bits per heavy atom. The van der Waals surface area contributed by atoms with Crippen LogP contribution in [0.3, 0.4) is 0 Å². The number of benzene rings is 3. The second-order valence-electron chi connectivity index (χ2n) is 5.61. The number of para-hydroxylation sites is 1. The molecule has 0 fully saturated rings. The molecule has 0 aliphatic heterocycles. The minimum Gasteiger partial charge on any atom is -0.493 e. The predicted octanol–water partition coefficient (Wildman–Crippen LogP) is 4.52. The van der Waals surface area contributed by atoms with Crippen molar-refractivity contribution in [3.63, 3.8) is 0 Å². The summed E-state index contributed by atoms with van der Waals surface area (Å²) in [5, 5.41) is 4.04. The minimum atomic E-state index is -0.255. The average Bonchev–Trinajstić information content (AvgIpc) is 2.70. The van der Waals surface area contributed by atoms with Crippen molar-refractivity contribution in [2.75, 3.05) is 6.61 Å². The lowest BCUT2D eigenvalue weighted by atomic mass is 10.0. The van der Waals surface area contributed by atoms with Crippen LogP contribution in [-0.4, -0.2) is 18.7 Å². The Kier molecular flexibility index (Phi) is 5.78. The van der Waals surface area contributed by atoms with Crippen LogP contribution in [0.25, 0.3) is 11.1 Å². The second-order valence-corrected chi connectivity index (χ2v) is 5.61. The topological polar surface area (TPSA) is 50.7 Å². The Bertz CT molecular complexity index is 888. The molecule has 0 aliphatic carbocycles. The van der Waals surface area contributed by atoms with Gasteiger partial charge >= 0.3 is 0 Å². The highest BCUT2D eigenvalue weighted by Gasteiger charge is 2.05. The van der Waals surface area contributed by atoms with Gasteiger partial charge in [0.1, 0.15) is 5.75 Å². The van der Waals surface area contributed by atoms with Crippen LogP contribution in [0.1, 0.15) is 22.8 Å². The SMILES string of the molecule is CCOc1ccccc1/C=N/NC(=O)c1ccc(-c2ccccc2)cc1. The van der Waals surface area contributed by atoms with Gasteiger partial charge in [0.15, 0.2) is 0 Å². The van der Waals surface area contributed by atoms with E-state index in [1.165, 1.54) is 0 Å². The Morgan fingerprint density at radius 2 is 1.58 bits per heavy atom. The lowest BCUT2D eigenvalue weighted by Gasteiger charge is -2.06. The molecule has 1 amide bonds. The molecular weight excluding hydrogens is 324 g/mol. The average molecular weight is 344 g/mol. The highest BCUT2D eigenvalue weighted by atomic mass is 16.5. The number of rotatable bonds is 6. The van der Waals surface area contributed by atoms with Crippen molar-refractivity contribution in [2.45, 2.75) is 6.92 Å². The molecule has 0 bridgehead atoms. The highest BCUT2D eigenvalue weighted by molar-refractivity contribution is 5.95. The number of nitrogens with zero attached hydrogens (tertiary/aromatic N) is 1. The molecule has 0 saturated carbocycles. The first kappa shape index (κ1) is 17.4. The normalized spacial score (nSPS) is 10.7. The first-order valence-electron chi connectivity index (χ1n) is 8.48. The van der Waals surface area contributed by atoms with Gasteiger partial charge in [0.05, 0.1) is 12.8 Å². The van der Waals surface area contributed by atoms with Crippen molar-refractivity contribution in [1.82, 2.24) is 5.43 Å². The summed E-state index contributed by atoms with van der Waals surface area (Å²) in [4.78, 5) is 12.2. The molecule has 0 unspecified atom stereocenters. The summed E-state index contributed by atoms with van der Waals surface area (Å²) in [6.07, 6.45) is 1.58. The van der Waals surface area contributed by atoms with E-state index in [1.807, 2.05) is 73.7 Å². The Labute approximate surface area is 153 Å². The van der Waals surface area contributed by atoms with Gasteiger partial charge in [-0.3, -0.25) is 4.79 Å². The number of hydrogen-bond acceptors (Lipinski definition) is 3. The van der Waals surface area contributed by atoms with Crippen LogP contribution in [0.4, 0.5) is 0 Å². The molecule has 3 aromatic rings. The zero-order chi connectivity index (χ0) is 18.2. The van der Waals surface area contributed by atoms with Crippen molar-refractivity contribution in [3.05, 3.63) is 90.0 Å². The zero-order valence-corrected chi connectivity index (χ0v) is 14.6. The number of carbonyl (C=O) groups excluding carboxylic acids is 1. The summed E-state index contributed by atoms with van der Waals surface area (Å²) in [6, 6.07) is 25.0. The molecular formula is C22H20N2O2. The third-order valence-electron chi connectivity index (χ3n) is 3.84. The molecule has 3 rings (SSSR count). The van der Waals surface area contributed by atoms with Crippen molar-refractivity contribution in [1.29, 1.82) is 0 Å². The molecule has 4 nitrogen and oxygen atoms in total. The van der Waals surface area contributed by atoms with Crippen molar-refractivity contribution in [3.8, 4) is 16.9 Å². The van der Waals surface area contributed by atoms with Crippen LogP contribution in [0, 0.1) is 0 Å². The largest absolute Gasteiger partial charge is 0.493 e. The van der Waals surface area contributed by atoms with E-state index >= 15 is 0 Å². The van der Waals surface area contributed by atoms with E-state index in [-0.39, 0.29) is 5.91 Å². The molecule has 3 aromatic carbocycles. The summed E-state index contributed by atoms with van der Waals surface area (Å²) in [5.74, 6) is 0.481. The van der Waals surface area contributed by atoms with E-state index in [1.54, 1.807) is 18.3 Å². The van der Waals surface area contributed by atoms with Crippen LogP contribution in [0.15, 0.2) is 84.0 Å². The van der Waals surface area contributed by atoms with Crippen LogP contribution in [0.5, 0.6) is 5.75 Å². The first-order valence-corrected chi connectivity index (χ1v) is 8.48. The monoisotopic (exact) mass is 344 g/mol. The fourth-order valence-corrected chi connectivity index (χ4v) is 2.54. The molecule has 0 spiro atoms. The van der Waals surface area contributed by atoms with E-state index in [0.717, 1.165) is 22.4 Å². The molecule has 0 aromatic heterocycles. The summed E-state index contributed by atoms with van der Waals surface area (Å²) >= 11 is 0. The van der Waals surface area contributed by atoms with E-state index in [4.69, 9.17) is 4.74 Å². The third-order valence-corrected chi connectivity index (χ3v) is 3.84. The van der Waals surface area contributed by atoms with Crippen molar-refractivity contribution in [2.24, 2.45) is 5.10 Å². The molecule has 0 aliphatic rings. The molecule has 1 N–H and O–H groups in total. The van der Waals surface area contributed by atoms with Gasteiger partial charge in [-0.05, 0) is 42.3 Å². The third kappa shape index (κ3) is 4.36. The number of hydrogen-bond donors (Lipinski definition) is 1. The number of amides is 1. The van der Waals surface area contributed by atoms with E-state index in [0.29, 0.717) is 12.2 Å². The number of nitrogens with one attached hydrogen (secondary N) is 1. The molecule has 0 atom stereocenters. The van der Waals surface area contributed by atoms with Gasteiger partial charge in [-0.25, -0.2) is 5.43 Å².